The maximum Gasteiger partial charge on any atom is 0.0340 e. The molecule has 0 saturated carbocycles. The lowest BCUT2D eigenvalue weighted by molar-refractivity contribution is 0.521. The van der Waals surface area contributed by atoms with E-state index in [9.17, 15) is 0 Å². The molecule has 92 valence electrons. The van der Waals surface area contributed by atoms with Gasteiger partial charge in [-0.15, -0.1) is 11.8 Å². The van der Waals surface area contributed by atoms with Crippen molar-refractivity contribution in [3.05, 3.63) is 32.7 Å². The van der Waals surface area contributed by atoms with Crippen LogP contribution in [0, 0.1) is 11.8 Å². The minimum atomic E-state index is 0.364. The van der Waals surface area contributed by atoms with Crippen LogP contribution in [0.2, 0.25) is 0 Å². The van der Waals surface area contributed by atoms with Gasteiger partial charge in [0.05, 0.1) is 0 Å². The first kappa shape index (κ1) is 14.8. The molecule has 1 aromatic rings. The third-order valence-corrected chi connectivity index (χ3v) is 3.70. The van der Waals surface area contributed by atoms with Crippen LogP contribution in [0.3, 0.4) is 0 Å². The first-order valence-corrected chi connectivity index (χ1v) is 7.35. The molecule has 0 aliphatic carbocycles. The molecule has 0 aliphatic rings. The fourth-order valence-corrected chi connectivity index (χ4v) is 3.06. The zero-order valence-electron chi connectivity index (χ0n) is 10.2. The Hall–Kier alpha value is -0.300. The molecule has 1 nitrogen and oxygen atoms in total. The molecule has 1 rings (SSSR count). The van der Waals surface area contributed by atoms with Crippen LogP contribution in [0.1, 0.15) is 38.3 Å². The number of hydrogen-bond acceptors (Lipinski definition) is 1. The van der Waals surface area contributed by atoms with Crippen molar-refractivity contribution in [1.82, 2.24) is 5.32 Å². The van der Waals surface area contributed by atoms with Gasteiger partial charge in [0.25, 0.3) is 0 Å². The number of benzene rings is 1. The number of rotatable bonds is 5. The van der Waals surface area contributed by atoms with Gasteiger partial charge >= 0.3 is 0 Å². The summed E-state index contributed by atoms with van der Waals surface area (Å²) in [5.41, 5.74) is 1.30. The second-order valence-corrected chi connectivity index (χ2v) is 5.51. The average Bonchev–Trinajstić information content (AvgIpc) is 2.28. The molecule has 0 amide bonds. The normalized spacial score (nSPS) is 11.8. The first-order valence-electron chi connectivity index (χ1n) is 5.77. The van der Waals surface area contributed by atoms with Crippen molar-refractivity contribution in [2.24, 2.45) is 0 Å². The van der Waals surface area contributed by atoms with Crippen molar-refractivity contribution in [1.29, 1.82) is 0 Å². The highest BCUT2D eigenvalue weighted by molar-refractivity contribution is 9.11. The van der Waals surface area contributed by atoms with E-state index in [1.54, 1.807) is 0 Å². The van der Waals surface area contributed by atoms with Crippen LogP contribution >= 0.6 is 31.9 Å². The van der Waals surface area contributed by atoms with E-state index in [1.807, 2.05) is 6.92 Å². The molecule has 0 saturated heterocycles. The monoisotopic (exact) mass is 357 g/mol. The quantitative estimate of drug-likeness (QED) is 0.754. The van der Waals surface area contributed by atoms with Crippen LogP contribution in [0.4, 0.5) is 0 Å². The first-order chi connectivity index (χ1) is 8.19. The maximum absolute atomic E-state index is 3.62. The van der Waals surface area contributed by atoms with Crippen molar-refractivity contribution < 1.29 is 0 Å². The molecule has 0 heterocycles. The summed E-state index contributed by atoms with van der Waals surface area (Å²) in [5.74, 6) is 6.07. The van der Waals surface area contributed by atoms with E-state index >= 15 is 0 Å². The zero-order valence-corrected chi connectivity index (χ0v) is 13.4. The van der Waals surface area contributed by atoms with Crippen LogP contribution in [0.25, 0.3) is 0 Å². The molecule has 1 atom stereocenters. The lowest BCUT2D eigenvalue weighted by atomic mass is 10.0. The van der Waals surface area contributed by atoms with E-state index in [2.05, 4.69) is 74.1 Å². The summed E-state index contributed by atoms with van der Waals surface area (Å²) in [7, 11) is 0. The zero-order chi connectivity index (χ0) is 12.7. The molecule has 1 N–H and O–H groups in total. The summed E-state index contributed by atoms with van der Waals surface area (Å²) in [6.45, 7) is 4.98. The number of hydrogen-bond donors (Lipinski definition) is 1. The predicted molar refractivity (Wildman–Crippen MR) is 80.9 cm³/mol. The van der Waals surface area contributed by atoms with Crippen LogP contribution in [0.15, 0.2) is 27.1 Å². The van der Waals surface area contributed by atoms with Gasteiger partial charge in [-0.05, 0) is 37.6 Å². The third-order valence-electron chi connectivity index (χ3n) is 2.52. The predicted octanol–water partition coefficient (Wildman–Crippen LogP) is 4.67. The Morgan fingerprint density at radius 1 is 1.35 bits per heavy atom. The Kier molecular flexibility index (Phi) is 6.87. The van der Waals surface area contributed by atoms with Gasteiger partial charge in [0.15, 0.2) is 0 Å². The van der Waals surface area contributed by atoms with Crippen LogP contribution in [-0.2, 0) is 0 Å². The van der Waals surface area contributed by atoms with E-state index in [4.69, 9.17) is 0 Å². The van der Waals surface area contributed by atoms with Crippen molar-refractivity contribution in [3.8, 4) is 11.8 Å². The Labute approximate surface area is 121 Å². The van der Waals surface area contributed by atoms with Gasteiger partial charge in [0.2, 0.25) is 0 Å². The smallest absolute Gasteiger partial charge is 0.0340 e. The van der Waals surface area contributed by atoms with Gasteiger partial charge in [0, 0.05) is 21.4 Å². The van der Waals surface area contributed by atoms with E-state index in [-0.39, 0.29) is 0 Å². The molecule has 0 bridgehead atoms. The van der Waals surface area contributed by atoms with Gasteiger partial charge < -0.3 is 5.32 Å². The standard InChI is InChI=1S/C14H17Br2N/c1-3-5-6-7-14(17-4-2)12-9-8-11(15)10-13(12)16/h8-10,14,17H,4,6-7H2,1-2H3. The molecular formula is C14H17Br2N. The van der Waals surface area contributed by atoms with Gasteiger partial charge in [-0.25, -0.2) is 0 Å². The average molecular weight is 359 g/mol. The van der Waals surface area contributed by atoms with E-state index < -0.39 is 0 Å². The van der Waals surface area contributed by atoms with Crippen LogP contribution in [-0.4, -0.2) is 6.54 Å². The largest absolute Gasteiger partial charge is 0.310 e. The third kappa shape index (κ3) is 4.83. The fraction of sp³-hybridized carbons (Fsp3) is 0.429. The fourth-order valence-electron chi connectivity index (χ4n) is 1.74. The maximum atomic E-state index is 3.62. The van der Waals surface area contributed by atoms with Gasteiger partial charge in [-0.1, -0.05) is 44.8 Å². The Morgan fingerprint density at radius 3 is 2.71 bits per heavy atom. The highest BCUT2D eigenvalue weighted by Crippen LogP contribution is 2.29. The van der Waals surface area contributed by atoms with E-state index in [0.717, 1.165) is 28.3 Å². The topological polar surface area (TPSA) is 12.0 Å². The van der Waals surface area contributed by atoms with Crippen molar-refractivity contribution in [3.63, 3.8) is 0 Å². The van der Waals surface area contributed by atoms with Crippen molar-refractivity contribution in [2.75, 3.05) is 6.54 Å². The highest BCUT2D eigenvalue weighted by atomic mass is 79.9. The van der Waals surface area contributed by atoms with Gasteiger partial charge in [0.1, 0.15) is 0 Å². The molecule has 1 unspecified atom stereocenters. The van der Waals surface area contributed by atoms with Crippen LogP contribution in [0.5, 0.6) is 0 Å². The minimum Gasteiger partial charge on any atom is -0.310 e. The summed E-state index contributed by atoms with van der Waals surface area (Å²) in [6, 6.07) is 6.69. The van der Waals surface area contributed by atoms with Crippen molar-refractivity contribution in [2.45, 2.75) is 32.7 Å². The van der Waals surface area contributed by atoms with Gasteiger partial charge in [-0.3, -0.25) is 0 Å². The summed E-state index contributed by atoms with van der Waals surface area (Å²) >= 11 is 7.10. The molecule has 0 fully saturated rings. The Morgan fingerprint density at radius 2 is 2.12 bits per heavy atom. The molecule has 0 aromatic heterocycles. The Balaban J connectivity index is 2.83. The molecule has 0 spiro atoms. The SMILES string of the molecule is CC#CCCC(NCC)c1ccc(Br)cc1Br. The molecular weight excluding hydrogens is 342 g/mol. The van der Waals surface area contributed by atoms with Gasteiger partial charge in [-0.2, -0.15) is 0 Å². The lowest BCUT2D eigenvalue weighted by Gasteiger charge is -2.19. The van der Waals surface area contributed by atoms with Crippen molar-refractivity contribution >= 4 is 31.9 Å². The van der Waals surface area contributed by atoms with Crippen LogP contribution < -0.4 is 5.32 Å². The summed E-state index contributed by atoms with van der Waals surface area (Å²) < 4.78 is 2.24. The molecule has 3 heteroatoms. The number of nitrogens with one attached hydrogen (secondary N) is 1. The Bertz CT molecular complexity index is 418. The number of halogens is 2. The second kappa shape index (κ2) is 7.92. The second-order valence-electron chi connectivity index (χ2n) is 3.74. The summed E-state index contributed by atoms with van der Waals surface area (Å²) in [4.78, 5) is 0. The lowest BCUT2D eigenvalue weighted by Crippen LogP contribution is -2.21. The molecule has 1 aromatic carbocycles. The summed E-state index contributed by atoms with van der Waals surface area (Å²) in [6.07, 6.45) is 1.96. The summed E-state index contributed by atoms with van der Waals surface area (Å²) in [5, 5.41) is 3.51. The van der Waals surface area contributed by atoms with E-state index in [1.165, 1.54) is 5.56 Å². The molecule has 0 radical (unpaired) electrons. The van der Waals surface area contributed by atoms with E-state index in [0.29, 0.717) is 6.04 Å². The molecule has 17 heavy (non-hydrogen) atoms. The molecule has 0 aliphatic heterocycles. The highest BCUT2D eigenvalue weighted by Gasteiger charge is 2.12. The minimum absolute atomic E-state index is 0.364.